The number of carbonyl (C=O) groups excluding carboxylic acids is 1. The standard InChI is InChI=1S/C14H20N2O2/c1-14(2)11(8-12(14)17)16-10-6-4-9(5-7-10)13(18)15-3/h4-7,11-12,16-17H,8H2,1-3H3,(H,15,18). The molecule has 0 radical (unpaired) electrons. The number of carbonyl (C=O) groups is 1. The van der Waals surface area contributed by atoms with Crippen LogP contribution in [0.2, 0.25) is 0 Å². The van der Waals surface area contributed by atoms with Crippen molar-refractivity contribution < 1.29 is 9.90 Å². The topological polar surface area (TPSA) is 61.4 Å². The second kappa shape index (κ2) is 4.61. The summed E-state index contributed by atoms with van der Waals surface area (Å²) in [5.41, 5.74) is 1.53. The Hall–Kier alpha value is -1.55. The van der Waals surface area contributed by atoms with Gasteiger partial charge in [-0.15, -0.1) is 0 Å². The first kappa shape index (κ1) is 12.9. The molecule has 18 heavy (non-hydrogen) atoms. The molecule has 1 saturated carbocycles. The van der Waals surface area contributed by atoms with Crippen molar-refractivity contribution >= 4 is 11.6 Å². The predicted molar refractivity (Wildman–Crippen MR) is 71.6 cm³/mol. The molecule has 0 aromatic heterocycles. The van der Waals surface area contributed by atoms with E-state index in [1.807, 2.05) is 12.1 Å². The first-order chi connectivity index (χ1) is 8.45. The highest BCUT2D eigenvalue weighted by Gasteiger charge is 2.47. The summed E-state index contributed by atoms with van der Waals surface area (Å²) in [5.74, 6) is -0.0825. The van der Waals surface area contributed by atoms with E-state index in [4.69, 9.17) is 0 Å². The predicted octanol–water partition coefficient (Wildman–Crippen LogP) is 1.62. The maximum Gasteiger partial charge on any atom is 0.251 e. The first-order valence-corrected chi connectivity index (χ1v) is 6.22. The lowest BCUT2D eigenvalue weighted by molar-refractivity contribution is -0.0510. The zero-order chi connectivity index (χ0) is 13.3. The van der Waals surface area contributed by atoms with Crippen LogP contribution in [0.5, 0.6) is 0 Å². The summed E-state index contributed by atoms with van der Waals surface area (Å²) in [6, 6.07) is 7.65. The van der Waals surface area contributed by atoms with Crippen LogP contribution in [0.4, 0.5) is 5.69 Å². The Bertz CT molecular complexity index is 440. The summed E-state index contributed by atoms with van der Waals surface area (Å²) >= 11 is 0. The summed E-state index contributed by atoms with van der Waals surface area (Å²) in [7, 11) is 1.62. The summed E-state index contributed by atoms with van der Waals surface area (Å²) < 4.78 is 0. The van der Waals surface area contributed by atoms with Gasteiger partial charge in [0, 0.05) is 29.8 Å². The van der Waals surface area contributed by atoms with Gasteiger partial charge < -0.3 is 15.7 Å². The van der Waals surface area contributed by atoms with E-state index < -0.39 is 0 Å². The summed E-state index contributed by atoms with van der Waals surface area (Å²) in [5, 5.41) is 15.7. The van der Waals surface area contributed by atoms with Crippen molar-refractivity contribution in [2.75, 3.05) is 12.4 Å². The fourth-order valence-electron chi connectivity index (χ4n) is 2.21. The number of aliphatic hydroxyl groups excluding tert-OH is 1. The Labute approximate surface area is 107 Å². The second-order valence-corrected chi connectivity index (χ2v) is 5.43. The molecular formula is C14H20N2O2. The van der Waals surface area contributed by atoms with Gasteiger partial charge in [-0.25, -0.2) is 0 Å². The number of amides is 1. The lowest BCUT2D eigenvalue weighted by Gasteiger charge is -2.49. The number of hydrogen-bond acceptors (Lipinski definition) is 3. The van der Waals surface area contributed by atoms with Gasteiger partial charge in [-0.2, -0.15) is 0 Å². The van der Waals surface area contributed by atoms with Crippen molar-refractivity contribution in [3.8, 4) is 0 Å². The molecule has 1 fully saturated rings. The Morgan fingerprint density at radius 2 is 1.94 bits per heavy atom. The molecule has 1 aliphatic carbocycles. The number of hydrogen-bond donors (Lipinski definition) is 3. The Balaban J connectivity index is 2.01. The lowest BCUT2D eigenvalue weighted by atomic mass is 9.64. The lowest BCUT2D eigenvalue weighted by Crippen LogP contribution is -2.56. The number of anilines is 1. The SMILES string of the molecule is CNC(=O)c1ccc(NC2CC(O)C2(C)C)cc1. The van der Waals surface area contributed by atoms with Gasteiger partial charge in [0.1, 0.15) is 0 Å². The summed E-state index contributed by atoms with van der Waals surface area (Å²) in [4.78, 5) is 11.4. The number of rotatable bonds is 3. The van der Waals surface area contributed by atoms with Crippen LogP contribution >= 0.6 is 0 Å². The van der Waals surface area contributed by atoms with E-state index in [1.165, 1.54) is 0 Å². The van der Waals surface area contributed by atoms with Crippen molar-refractivity contribution in [1.82, 2.24) is 5.32 Å². The molecule has 1 amide bonds. The molecule has 2 rings (SSSR count). The van der Waals surface area contributed by atoms with Crippen LogP contribution < -0.4 is 10.6 Å². The average Bonchev–Trinajstić information content (AvgIpc) is 2.38. The van der Waals surface area contributed by atoms with Gasteiger partial charge in [-0.3, -0.25) is 4.79 Å². The molecule has 3 N–H and O–H groups in total. The molecule has 1 aromatic carbocycles. The molecule has 0 heterocycles. The average molecular weight is 248 g/mol. The van der Waals surface area contributed by atoms with Crippen molar-refractivity contribution in [2.24, 2.45) is 5.41 Å². The molecule has 0 saturated heterocycles. The van der Waals surface area contributed by atoms with Crippen LogP contribution in [0.1, 0.15) is 30.6 Å². The monoisotopic (exact) mass is 248 g/mol. The van der Waals surface area contributed by atoms with Gasteiger partial charge in [-0.05, 0) is 30.7 Å². The molecular weight excluding hydrogens is 228 g/mol. The first-order valence-electron chi connectivity index (χ1n) is 6.22. The van der Waals surface area contributed by atoms with E-state index in [-0.39, 0.29) is 23.5 Å². The molecule has 1 aliphatic rings. The van der Waals surface area contributed by atoms with E-state index in [9.17, 15) is 9.90 Å². The van der Waals surface area contributed by atoms with Crippen LogP contribution in [0.3, 0.4) is 0 Å². The number of nitrogens with one attached hydrogen (secondary N) is 2. The molecule has 4 heteroatoms. The fourth-order valence-corrected chi connectivity index (χ4v) is 2.21. The van der Waals surface area contributed by atoms with E-state index >= 15 is 0 Å². The van der Waals surface area contributed by atoms with E-state index in [0.29, 0.717) is 5.56 Å². The smallest absolute Gasteiger partial charge is 0.251 e. The Morgan fingerprint density at radius 3 is 2.39 bits per heavy atom. The second-order valence-electron chi connectivity index (χ2n) is 5.43. The molecule has 0 bridgehead atoms. The maximum atomic E-state index is 11.4. The van der Waals surface area contributed by atoms with Crippen LogP contribution in [0.15, 0.2) is 24.3 Å². The minimum Gasteiger partial charge on any atom is -0.392 e. The van der Waals surface area contributed by atoms with Crippen molar-refractivity contribution in [2.45, 2.75) is 32.4 Å². The van der Waals surface area contributed by atoms with Crippen LogP contribution in [-0.4, -0.2) is 30.2 Å². The van der Waals surface area contributed by atoms with E-state index in [0.717, 1.165) is 12.1 Å². The summed E-state index contributed by atoms with van der Waals surface area (Å²) in [6.07, 6.45) is 0.532. The third kappa shape index (κ3) is 2.20. The zero-order valence-electron chi connectivity index (χ0n) is 11.0. The molecule has 0 spiro atoms. The highest BCUT2D eigenvalue weighted by atomic mass is 16.3. The summed E-state index contributed by atoms with van der Waals surface area (Å²) in [6.45, 7) is 4.11. The fraction of sp³-hybridized carbons (Fsp3) is 0.500. The minimum absolute atomic E-state index is 0.0825. The molecule has 2 atom stereocenters. The van der Waals surface area contributed by atoms with E-state index in [2.05, 4.69) is 24.5 Å². The van der Waals surface area contributed by atoms with Gasteiger partial charge in [0.2, 0.25) is 0 Å². The van der Waals surface area contributed by atoms with Gasteiger partial charge >= 0.3 is 0 Å². The Morgan fingerprint density at radius 1 is 1.33 bits per heavy atom. The third-order valence-electron chi connectivity index (χ3n) is 3.93. The number of benzene rings is 1. The van der Waals surface area contributed by atoms with Gasteiger partial charge in [0.15, 0.2) is 0 Å². The van der Waals surface area contributed by atoms with Gasteiger partial charge in [0.05, 0.1) is 6.10 Å². The quantitative estimate of drug-likeness (QED) is 0.761. The van der Waals surface area contributed by atoms with E-state index in [1.54, 1.807) is 19.2 Å². The Kier molecular flexibility index (Phi) is 3.30. The molecule has 0 aliphatic heterocycles. The third-order valence-corrected chi connectivity index (χ3v) is 3.93. The zero-order valence-corrected chi connectivity index (χ0v) is 11.0. The highest BCUT2D eigenvalue weighted by Crippen LogP contribution is 2.42. The minimum atomic E-state index is -0.236. The van der Waals surface area contributed by atoms with Crippen LogP contribution in [0, 0.1) is 5.41 Å². The maximum absolute atomic E-state index is 11.4. The van der Waals surface area contributed by atoms with Crippen LogP contribution in [-0.2, 0) is 0 Å². The normalized spacial score (nSPS) is 25.1. The molecule has 98 valence electrons. The van der Waals surface area contributed by atoms with Crippen molar-refractivity contribution in [3.05, 3.63) is 29.8 Å². The van der Waals surface area contributed by atoms with Gasteiger partial charge in [-0.1, -0.05) is 13.8 Å². The van der Waals surface area contributed by atoms with Crippen molar-refractivity contribution in [1.29, 1.82) is 0 Å². The van der Waals surface area contributed by atoms with Gasteiger partial charge in [0.25, 0.3) is 5.91 Å². The largest absolute Gasteiger partial charge is 0.392 e. The van der Waals surface area contributed by atoms with Crippen molar-refractivity contribution in [3.63, 3.8) is 0 Å². The molecule has 4 nitrogen and oxygen atoms in total. The highest BCUT2D eigenvalue weighted by molar-refractivity contribution is 5.94. The van der Waals surface area contributed by atoms with Crippen LogP contribution in [0.25, 0.3) is 0 Å². The molecule has 2 unspecified atom stereocenters. The molecule has 1 aromatic rings. The number of aliphatic hydroxyl groups is 1.